The Labute approximate surface area is 181 Å². The number of benzene rings is 2. The van der Waals surface area contributed by atoms with Gasteiger partial charge in [-0.2, -0.15) is 0 Å². The zero-order valence-electron chi connectivity index (χ0n) is 17.0. The van der Waals surface area contributed by atoms with Gasteiger partial charge in [-0.05, 0) is 74.2 Å². The molecule has 1 aliphatic carbocycles. The van der Waals surface area contributed by atoms with Crippen LogP contribution in [0.3, 0.4) is 0 Å². The minimum absolute atomic E-state index is 0.117. The first-order valence-electron chi connectivity index (χ1n) is 10.8. The number of hydrogen-bond donors (Lipinski definition) is 0. The molecule has 1 nitrogen and oxygen atoms in total. The van der Waals surface area contributed by atoms with Gasteiger partial charge >= 0.3 is 0 Å². The maximum Gasteiger partial charge on any atom is 0.0505 e. The Morgan fingerprint density at radius 1 is 0.786 bits per heavy atom. The van der Waals surface area contributed by atoms with Crippen LogP contribution in [0.5, 0.6) is 0 Å². The quantitative estimate of drug-likeness (QED) is 0.390. The average molecular weight is 418 g/mol. The molecule has 0 radical (unpaired) electrons. The molecule has 0 saturated heterocycles. The van der Waals surface area contributed by atoms with Crippen LogP contribution in [-0.2, 0) is 12.8 Å². The summed E-state index contributed by atoms with van der Waals surface area (Å²) in [5.41, 5.74) is 4.27. The first kappa shape index (κ1) is 21.7. The fourth-order valence-electron chi connectivity index (χ4n) is 4.25. The van der Waals surface area contributed by atoms with Crippen molar-refractivity contribution in [1.29, 1.82) is 0 Å². The first-order chi connectivity index (χ1) is 13.7. The SMILES string of the molecule is CCCN(CCCc1ccc(C2CC(Cl)C(Cl)C2)cc1)CCc1ccccc1. The number of aryl methyl sites for hydroxylation is 1. The lowest BCUT2D eigenvalue weighted by Gasteiger charge is -2.21. The molecule has 0 aliphatic heterocycles. The van der Waals surface area contributed by atoms with Crippen LogP contribution < -0.4 is 0 Å². The minimum atomic E-state index is 0.117. The van der Waals surface area contributed by atoms with Gasteiger partial charge in [-0.25, -0.2) is 0 Å². The van der Waals surface area contributed by atoms with Crippen molar-refractivity contribution in [1.82, 2.24) is 4.90 Å². The monoisotopic (exact) mass is 417 g/mol. The van der Waals surface area contributed by atoms with E-state index in [9.17, 15) is 0 Å². The molecule has 0 N–H and O–H groups in total. The van der Waals surface area contributed by atoms with Crippen molar-refractivity contribution in [3.63, 3.8) is 0 Å². The normalized spacial score (nSPS) is 22.1. The van der Waals surface area contributed by atoms with Crippen molar-refractivity contribution in [2.75, 3.05) is 19.6 Å². The first-order valence-corrected chi connectivity index (χ1v) is 11.7. The van der Waals surface area contributed by atoms with E-state index in [1.165, 1.54) is 42.6 Å². The second kappa shape index (κ2) is 11.2. The Hall–Kier alpha value is -1.02. The maximum atomic E-state index is 6.29. The van der Waals surface area contributed by atoms with Crippen LogP contribution in [0.15, 0.2) is 54.6 Å². The molecule has 0 heterocycles. The highest BCUT2D eigenvalue weighted by molar-refractivity contribution is 6.30. The standard InChI is InChI=1S/C25H33Cl2N/c1-2-15-28(17-14-20-7-4-3-5-8-20)16-6-9-21-10-12-22(13-11-21)23-18-24(26)25(27)19-23/h3-5,7-8,10-13,23-25H,2,6,9,14-19H2,1H3. The molecular weight excluding hydrogens is 385 g/mol. The maximum absolute atomic E-state index is 6.29. The lowest BCUT2D eigenvalue weighted by atomic mass is 9.96. The highest BCUT2D eigenvalue weighted by Crippen LogP contribution is 2.40. The smallest absolute Gasteiger partial charge is 0.0505 e. The van der Waals surface area contributed by atoms with Gasteiger partial charge in [0.2, 0.25) is 0 Å². The van der Waals surface area contributed by atoms with Crippen LogP contribution in [0.25, 0.3) is 0 Å². The van der Waals surface area contributed by atoms with E-state index < -0.39 is 0 Å². The molecule has 2 unspecified atom stereocenters. The third-order valence-electron chi connectivity index (χ3n) is 5.90. The molecule has 2 aromatic rings. The molecule has 1 fully saturated rings. The molecule has 0 aromatic heterocycles. The average Bonchev–Trinajstić information content (AvgIpc) is 3.06. The van der Waals surface area contributed by atoms with Gasteiger partial charge in [0.05, 0.1) is 10.8 Å². The number of rotatable bonds is 10. The van der Waals surface area contributed by atoms with Gasteiger partial charge in [-0.3, -0.25) is 0 Å². The van der Waals surface area contributed by atoms with E-state index in [1.54, 1.807) is 0 Å². The van der Waals surface area contributed by atoms with Gasteiger partial charge in [-0.15, -0.1) is 23.2 Å². The number of halogens is 2. The Morgan fingerprint density at radius 2 is 1.43 bits per heavy atom. The summed E-state index contributed by atoms with van der Waals surface area (Å²) >= 11 is 12.6. The molecule has 0 spiro atoms. The van der Waals surface area contributed by atoms with Crippen LogP contribution >= 0.6 is 23.2 Å². The summed E-state index contributed by atoms with van der Waals surface area (Å²) in [7, 11) is 0. The van der Waals surface area contributed by atoms with Gasteiger partial charge in [0.25, 0.3) is 0 Å². The van der Waals surface area contributed by atoms with Crippen molar-refractivity contribution < 1.29 is 0 Å². The van der Waals surface area contributed by atoms with Crippen molar-refractivity contribution in [2.24, 2.45) is 0 Å². The van der Waals surface area contributed by atoms with E-state index in [0.717, 1.165) is 32.2 Å². The van der Waals surface area contributed by atoms with Gasteiger partial charge in [0, 0.05) is 6.54 Å². The van der Waals surface area contributed by atoms with E-state index in [4.69, 9.17) is 23.2 Å². The molecule has 1 aliphatic rings. The minimum Gasteiger partial charge on any atom is -0.303 e. The van der Waals surface area contributed by atoms with E-state index in [2.05, 4.69) is 66.4 Å². The number of alkyl halides is 2. The summed E-state index contributed by atoms with van der Waals surface area (Å²) in [5, 5.41) is 0.235. The molecule has 3 heteroatoms. The zero-order valence-corrected chi connectivity index (χ0v) is 18.5. The molecule has 152 valence electrons. The molecule has 2 aromatic carbocycles. The Morgan fingerprint density at radius 3 is 2.07 bits per heavy atom. The highest BCUT2D eigenvalue weighted by atomic mass is 35.5. The summed E-state index contributed by atoms with van der Waals surface area (Å²) in [4.78, 5) is 2.61. The summed E-state index contributed by atoms with van der Waals surface area (Å²) in [6.07, 6.45) is 6.72. The molecule has 0 amide bonds. The highest BCUT2D eigenvalue weighted by Gasteiger charge is 2.32. The second-order valence-corrected chi connectivity index (χ2v) is 9.24. The van der Waals surface area contributed by atoms with Crippen LogP contribution in [0.4, 0.5) is 0 Å². The van der Waals surface area contributed by atoms with Crippen molar-refractivity contribution in [3.8, 4) is 0 Å². The summed E-state index contributed by atoms with van der Waals surface area (Å²) in [5.74, 6) is 0.525. The summed E-state index contributed by atoms with van der Waals surface area (Å²) < 4.78 is 0. The fourth-order valence-corrected chi connectivity index (χ4v) is 4.89. The molecule has 0 bridgehead atoms. The lowest BCUT2D eigenvalue weighted by Crippen LogP contribution is -2.28. The van der Waals surface area contributed by atoms with Crippen molar-refractivity contribution in [2.45, 2.75) is 62.1 Å². The molecule has 2 atom stereocenters. The second-order valence-electron chi connectivity index (χ2n) is 8.12. The fraction of sp³-hybridized carbons (Fsp3) is 0.520. The van der Waals surface area contributed by atoms with E-state index in [1.807, 2.05) is 0 Å². The van der Waals surface area contributed by atoms with Crippen molar-refractivity contribution >= 4 is 23.2 Å². The predicted octanol–water partition coefficient (Wildman–Crippen LogP) is 6.67. The Kier molecular flexibility index (Phi) is 8.70. The molecule has 28 heavy (non-hydrogen) atoms. The topological polar surface area (TPSA) is 3.24 Å². The van der Waals surface area contributed by atoms with Crippen LogP contribution in [0.2, 0.25) is 0 Å². The Bertz CT molecular complexity index is 675. The van der Waals surface area contributed by atoms with E-state index in [0.29, 0.717) is 5.92 Å². The zero-order chi connectivity index (χ0) is 19.8. The summed E-state index contributed by atoms with van der Waals surface area (Å²) in [6, 6.07) is 20.0. The Balaban J connectivity index is 1.43. The molecular formula is C25H33Cl2N. The van der Waals surface area contributed by atoms with E-state index >= 15 is 0 Å². The van der Waals surface area contributed by atoms with Gasteiger partial charge in [-0.1, -0.05) is 61.5 Å². The van der Waals surface area contributed by atoms with Gasteiger partial charge in [0.1, 0.15) is 0 Å². The number of hydrogen-bond acceptors (Lipinski definition) is 1. The van der Waals surface area contributed by atoms with Gasteiger partial charge in [0.15, 0.2) is 0 Å². The van der Waals surface area contributed by atoms with Crippen LogP contribution in [0.1, 0.15) is 55.2 Å². The summed E-state index contributed by atoms with van der Waals surface area (Å²) in [6.45, 7) is 5.78. The number of nitrogens with zero attached hydrogens (tertiary/aromatic N) is 1. The third-order valence-corrected chi connectivity index (χ3v) is 7.00. The van der Waals surface area contributed by atoms with Gasteiger partial charge < -0.3 is 4.90 Å². The molecule has 1 saturated carbocycles. The van der Waals surface area contributed by atoms with Crippen molar-refractivity contribution in [3.05, 3.63) is 71.3 Å². The van der Waals surface area contributed by atoms with Crippen LogP contribution in [0, 0.1) is 0 Å². The lowest BCUT2D eigenvalue weighted by molar-refractivity contribution is 0.274. The predicted molar refractivity (Wildman–Crippen MR) is 123 cm³/mol. The largest absolute Gasteiger partial charge is 0.303 e. The van der Waals surface area contributed by atoms with Crippen LogP contribution in [-0.4, -0.2) is 35.3 Å². The van der Waals surface area contributed by atoms with E-state index in [-0.39, 0.29) is 10.8 Å². The third kappa shape index (κ3) is 6.51. The molecule has 3 rings (SSSR count).